The number of nitrogens with zero attached hydrogens (tertiary/aromatic N) is 2. The van der Waals surface area contributed by atoms with Gasteiger partial charge < -0.3 is 4.42 Å². The molecule has 1 saturated heterocycles. The second-order valence-electron chi connectivity index (χ2n) is 6.44. The average molecular weight is 475 g/mol. The van der Waals surface area contributed by atoms with Crippen molar-refractivity contribution in [2.24, 2.45) is 0 Å². The Kier molecular flexibility index (Phi) is 5.86. The van der Waals surface area contributed by atoms with E-state index in [1.165, 1.54) is 12.1 Å². The van der Waals surface area contributed by atoms with Crippen LogP contribution in [0.1, 0.15) is 11.3 Å². The molecule has 1 fully saturated rings. The summed E-state index contributed by atoms with van der Waals surface area (Å²) in [6.45, 7) is -0.0554. The number of halogens is 2. The Morgan fingerprint density at radius 3 is 2.45 bits per heavy atom. The van der Waals surface area contributed by atoms with E-state index in [4.69, 9.17) is 27.6 Å². The number of hydrogen-bond acceptors (Lipinski definition) is 6. The van der Waals surface area contributed by atoms with E-state index in [1.54, 1.807) is 48.5 Å². The molecular weight excluding hydrogens is 463 g/mol. The quantitative estimate of drug-likeness (QED) is 0.241. The van der Waals surface area contributed by atoms with Gasteiger partial charge in [0.05, 0.1) is 21.9 Å². The average Bonchev–Trinajstić information content (AvgIpc) is 3.30. The molecule has 0 spiro atoms. The summed E-state index contributed by atoms with van der Waals surface area (Å²) in [6.07, 6.45) is 1.43. The second kappa shape index (κ2) is 8.58. The highest BCUT2D eigenvalue weighted by atomic mass is 35.5. The number of para-hydroxylation sites is 1. The first-order valence-corrected chi connectivity index (χ1v) is 10.4. The smallest absolute Gasteiger partial charge is 0.293 e. The predicted molar refractivity (Wildman–Crippen MR) is 119 cm³/mol. The molecule has 0 N–H and O–H groups in total. The molecule has 0 radical (unpaired) electrons. The summed E-state index contributed by atoms with van der Waals surface area (Å²) in [5, 5.41) is 11.5. The van der Waals surface area contributed by atoms with Gasteiger partial charge in [0.1, 0.15) is 11.5 Å². The maximum absolute atomic E-state index is 12.8. The zero-order chi connectivity index (χ0) is 22.1. The van der Waals surface area contributed by atoms with Gasteiger partial charge in [-0.2, -0.15) is 0 Å². The molecule has 2 amide bonds. The summed E-state index contributed by atoms with van der Waals surface area (Å²) in [5.41, 5.74) is 0.694. The zero-order valence-electron chi connectivity index (χ0n) is 15.6. The summed E-state index contributed by atoms with van der Waals surface area (Å²) >= 11 is 13.1. The van der Waals surface area contributed by atoms with Crippen LogP contribution in [0.25, 0.3) is 17.4 Å². The Labute approximate surface area is 190 Å². The summed E-state index contributed by atoms with van der Waals surface area (Å²) in [7, 11) is 0. The lowest BCUT2D eigenvalue weighted by molar-refractivity contribution is -0.384. The molecule has 0 unspecified atom stereocenters. The molecule has 0 atom stereocenters. The van der Waals surface area contributed by atoms with Gasteiger partial charge in [-0.05, 0) is 42.1 Å². The number of rotatable bonds is 5. The molecule has 0 saturated carbocycles. The van der Waals surface area contributed by atoms with Crippen molar-refractivity contribution in [3.8, 4) is 11.3 Å². The van der Waals surface area contributed by atoms with Gasteiger partial charge in [-0.1, -0.05) is 41.4 Å². The fourth-order valence-corrected chi connectivity index (χ4v) is 4.36. The molecule has 31 heavy (non-hydrogen) atoms. The number of nitro groups is 1. The van der Waals surface area contributed by atoms with Crippen molar-refractivity contribution in [1.29, 1.82) is 0 Å². The third kappa shape index (κ3) is 4.23. The Morgan fingerprint density at radius 2 is 1.74 bits per heavy atom. The van der Waals surface area contributed by atoms with Crippen LogP contribution in [0.4, 0.5) is 10.5 Å². The first kappa shape index (κ1) is 21.2. The Hall–Kier alpha value is -3.07. The zero-order valence-corrected chi connectivity index (χ0v) is 17.9. The lowest BCUT2D eigenvalue weighted by atomic mass is 10.1. The van der Waals surface area contributed by atoms with E-state index >= 15 is 0 Å². The molecule has 2 aromatic carbocycles. The van der Waals surface area contributed by atoms with E-state index < -0.39 is 16.1 Å². The molecule has 7 nitrogen and oxygen atoms in total. The van der Waals surface area contributed by atoms with Gasteiger partial charge in [0.15, 0.2) is 0 Å². The highest BCUT2D eigenvalue weighted by Crippen LogP contribution is 2.37. The molecule has 1 aromatic heterocycles. The van der Waals surface area contributed by atoms with Crippen LogP contribution in [0.15, 0.2) is 63.9 Å². The van der Waals surface area contributed by atoms with Crippen LogP contribution in [-0.2, 0) is 11.3 Å². The maximum Gasteiger partial charge on any atom is 0.293 e. The Morgan fingerprint density at radius 1 is 1.03 bits per heavy atom. The van der Waals surface area contributed by atoms with Crippen LogP contribution in [-0.4, -0.2) is 21.0 Å². The molecule has 3 aromatic rings. The third-order valence-electron chi connectivity index (χ3n) is 4.52. The minimum atomic E-state index is -0.505. The van der Waals surface area contributed by atoms with Crippen molar-refractivity contribution in [1.82, 2.24) is 4.90 Å². The van der Waals surface area contributed by atoms with Gasteiger partial charge in [0.25, 0.3) is 16.8 Å². The Balaban J connectivity index is 1.59. The van der Waals surface area contributed by atoms with Crippen molar-refractivity contribution in [3.05, 3.63) is 91.0 Å². The number of imide groups is 1. The number of carbonyl (C=O) groups excluding carboxylic acids is 2. The molecule has 0 aliphatic carbocycles. The van der Waals surface area contributed by atoms with Crippen molar-refractivity contribution in [2.45, 2.75) is 6.54 Å². The highest BCUT2D eigenvalue weighted by molar-refractivity contribution is 8.18. The van der Waals surface area contributed by atoms with Crippen LogP contribution in [0, 0.1) is 10.1 Å². The van der Waals surface area contributed by atoms with Crippen LogP contribution >= 0.6 is 35.0 Å². The first-order valence-electron chi connectivity index (χ1n) is 8.87. The Bertz CT molecular complexity index is 1230. The molecule has 2 heterocycles. The summed E-state index contributed by atoms with van der Waals surface area (Å²) in [4.78, 5) is 37.1. The number of furan rings is 1. The fourth-order valence-electron chi connectivity index (χ4n) is 3.02. The van der Waals surface area contributed by atoms with Gasteiger partial charge >= 0.3 is 0 Å². The number of carbonyl (C=O) groups is 2. The monoisotopic (exact) mass is 474 g/mol. The normalized spacial score (nSPS) is 15.2. The van der Waals surface area contributed by atoms with Crippen molar-refractivity contribution < 1.29 is 18.9 Å². The molecule has 156 valence electrons. The molecular formula is C21H12Cl2N2O5S. The van der Waals surface area contributed by atoms with E-state index in [2.05, 4.69) is 0 Å². The number of nitro benzene ring substituents is 1. The van der Waals surface area contributed by atoms with Crippen molar-refractivity contribution in [2.75, 3.05) is 0 Å². The minimum absolute atomic E-state index is 0.0554. The van der Waals surface area contributed by atoms with Crippen LogP contribution in [0.5, 0.6) is 0 Å². The van der Waals surface area contributed by atoms with E-state index in [0.717, 1.165) is 16.7 Å². The van der Waals surface area contributed by atoms with Gasteiger partial charge in [-0.3, -0.25) is 24.6 Å². The van der Waals surface area contributed by atoms with Crippen molar-refractivity contribution >= 4 is 57.9 Å². The lowest BCUT2D eigenvalue weighted by Gasteiger charge is -2.14. The lowest BCUT2D eigenvalue weighted by Crippen LogP contribution is -2.27. The van der Waals surface area contributed by atoms with Crippen LogP contribution < -0.4 is 0 Å². The first-order chi connectivity index (χ1) is 14.8. The predicted octanol–water partition coefficient (Wildman–Crippen LogP) is 6.40. The third-order valence-corrected chi connectivity index (χ3v) is 6.13. The highest BCUT2D eigenvalue weighted by Gasteiger charge is 2.36. The van der Waals surface area contributed by atoms with Crippen LogP contribution in [0.2, 0.25) is 10.0 Å². The van der Waals surface area contributed by atoms with Gasteiger partial charge in [-0.25, -0.2) is 0 Å². The SMILES string of the molecule is O=C1S/C(=C/c2ccc(-c3ccccc3[N+](=O)[O-])o2)C(=O)N1Cc1c(Cl)cccc1Cl. The van der Waals surface area contributed by atoms with E-state index in [9.17, 15) is 19.7 Å². The molecule has 0 bridgehead atoms. The summed E-state index contributed by atoms with van der Waals surface area (Å²) in [5.74, 6) is 0.0599. The van der Waals surface area contributed by atoms with E-state index in [1.807, 2.05) is 0 Å². The largest absolute Gasteiger partial charge is 0.456 e. The molecule has 1 aliphatic rings. The molecule has 4 rings (SSSR count). The summed E-state index contributed by atoms with van der Waals surface area (Å²) in [6, 6.07) is 14.3. The topological polar surface area (TPSA) is 93.7 Å². The number of benzene rings is 2. The second-order valence-corrected chi connectivity index (χ2v) is 8.25. The number of thioether (sulfide) groups is 1. The molecule has 1 aliphatic heterocycles. The van der Waals surface area contributed by atoms with Gasteiger partial charge in [-0.15, -0.1) is 0 Å². The van der Waals surface area contributed by atoms with Gasteiger partial charge in [0.2, 0.25) is 0 Å². The van der Waals surface area contributed by atoms with E-state index in [-0.39, 0.29) is 28.7 Å². The fraction of sp³-hybridized carbons (Fsp3) is 0.0476. The maximum atomic E-state index is 12.8. The summed E-state index contributed by atoms with van der Waals surface area (Å²) < 4.78 is 5.68. The van der Waals surface area contributed by atoms with Gasteiger partial charge in [0, 0.05) is 27.8 Å². The van der Waals surface area contributed by atoms with Crippen molar-refractivity contribution in [3.63, 3.8) is 0 Å². The van der Waals surface area contributed by atoms with Crippen LogP contribution in [0.3, 0.4) is 0 Å². The van der Waals surface area contributed by atoms with E-state index in [0.29, 0.717) is 21.2 Å². The standard InChI is InChI=1S/C21H12Cl2N2O5S/c22-15-5-3-6-16(23)14(15)11-24-20(26)19(31-21(24)27)10-12-8-9-18(30-12)13-4-1-2-7-17(13)25(28)29/h1-10H,11H2/b19-10+. The minimum Gasteiger partial charge on any atom is -0.456 e. The number of amides is 2. The number of hydrogen-bond donors (Lipinski definition) is 0. The molecule has 10 heteroatoms.